The van der Waals surface area contributed by atoms with Crippen molar-refractivity contribution >= 4 is 5.71 Å². The summed E-state index contributed by atoms with van der Waals surface area (Å²) in [5, 5.41) is 5.63. The monoisotopic (exact) mass is 304 g/mol. The van der Waals surface area contributed by atoms with Crippen molar-refractivity contribution in [2.24, 2.45) is 28.3 Å². The maximum Gasteiger partial charge on any atom is 0.431 e. The standard InChI is InChI=1S/C16H27F3N2/c1-11-5-7-12(8-6-11)9-21-10-13(15(2,3)4)14(20-21)16(17,18)19/h11-13H,5-10H2,1-4H3. The molecule has 0 radical (unpaired) electrons. The smallest absolute Gasteiger partial charge is 0.296 e. The minimum absolute atomic E-state index is 0.407. The zero-order valence-electron chi connectivity index (χ0n) is 13.5. The second-order valence-corrected chi connectivity index (χ2v) is 7.90. The van der Waals surface area contributed by atoms with Gasteiger partial charge in [0, 0.05) is 19.0 Å². The summed E-state index contributed by atoms with van der Waals surface area (Å²) in [6, 6.07) is 0. The fourth-order valence-corrected chi connectivity index (χ4v) is 3.42. The summed E-state index contributed by atoms with van der Waals surface area (Å²) in [7, 11) is 0. The van der Waals surface area contributed by atoms with Crippen molar-refractivity contribution in [3.05, 3.63) is 0 Å². The number of rotatable bonds is 2. The predicted octanol–water partition coefficient (Wildman–Crippen LogP) is 4.71. The third kappa shape index (κ3) is 4.13. The van der Waals surface area contributed by atoms with Gasteiger partial charge in [-0.05, 0) is 30.1 Å². The van der Waals surface area contributed by atoms with Crippen molar-refractivity contribution < 1.29 is 13.2 Å². The van der Waals surface area contributed by atoms with Gasteiger partial charge in [-0.1, -0.05) is 40.5 Å². The largest absolute Gasteiger partial charge is 0.431 e. The van der Waals surface area contributed by atoms with Gasteiger partial charge in [0.2, 0.25) is 0 Å². The van der Waals surface area contributed by atoms with Crippen LogP contribution in [0.15, 0.2) is 5.10 Å². The lowest BCUT2D eigenvalue weighted by atomic mass is 9.78. The number of alkyl halides is 3. The van der Waals surface area contributed by atoms with Crippen molar-refractivity contribution in [1.29, 1.82) is 0 Å². The Balaban J connectivity index is 2.04. The number of hydrazone groups is 1. The average Bonchev–Trinajstić information content (AvgIpc) is 2.76. The molecule has 1 fully saturated rings. The first-order chi connectivity index (χ1) is 9.57. The van der Waals surface area contributed by atoms with E-state index >= 15 is 0 Å². The maximum atomic E-state index is 13.2. The van der Waals surface area contributed by atoms with Crippen LogP contribution >= 0.6 is 0 Å². The Hall–Kier alpha value is -0.740. The first-order valence-electron chi connectivity index (χ1n) is 7.98. The van der Waals surface area contributed by atoms with Gasteiger partial charge in [-0.3, -0.25) is 5.01 Å². The van der Waals surface area contributed by atoms with Crippen LogP contribution < -0.4 is 0 Å². The second kappa shape index (κ2) is 5.81. The van der Waals surface area contributed by atoms with E-state index in [1.807, 2.05) is 20.8 Å². The summed E-state index contributed by atoms with van der Waals surface area (Å²) < 4.78 is 39.6. The van der Waals surface area contributed by atoms with Crippen LogP contribution in [0.5, 0.6) is 0 Å². The van der Waals surface area contributed by atoms with E-state index in [1.54, 1.807) is 5.01 Å². The van der Waals surface area contributed by atoms with Crippen molar-refractivity contribution in [1.82, 2.24) is 5.01 Å². The van der Waals surface area contributed by atoms with Gasteiger partial charge in [0.25, 0.3) is 0 Å². The lowest BCUT2D eigenvalue weighted by Gasteiger charge is -2.31. The van der Waals surface area contributed by atoms with Crippen molar-refractivity contribution in [3.63, 3.8) is 0 Å². The molecule has 1 atom stereocenters. The quantitative estimate of drug-likeness (QED) is 0.721. The Morgan fingerprint density at radius 3 is 2.10 bits per heavy atom. The molecular formula is C16H27F3N2. The Morgan fingerprint density at radius 2 is 1.67 bits per heavy atom. The molecule has 2 aliphatic rings. The molecule has 0 aromatic heterocycles. The van der Waals surface area contributed by atoms with Crippen molar-refractivity contribution in [3.8, 4) is 0 Å². The Morgan fingerprint density at radius 1 is 1.10 bits per heavy atom. The summed E-state index contributed by atoms with van der Waals surface area (Å²) in [6.45, 7) is 8.94. The second-order valence-electron chi connectivity index (χ2n) is 7.90. The van der Waals surface area contributed by atoms with Gasteiger partial charge in [-0.2, -0.15) is 18.3 Å². The summed E-state index contributed by atoms with van der Waals surface area (Å²) in [5.41, 5.74) is -0.997. The molecule has 0 saturated heterocycles. The third-order valence-corrected chi connectivity index (χ3v) is 4.91. The molecule has 1 heterocycles. The summed E-state index contributed by atoms with van der Waals surface area (Å²) >= 11 is 0. The Bertz CT molecular complexity index is 387. The fraction of sp³-hybridized carbons (Fsp3) is 0.938. The van der Waals surface area contributed by atoms with Crippen LogP contribution in [0, 0.1) is 23.2 Å². The van der Waals surface area contributed by atoms with Crippen LogP contribution in [-0.4, -0.2) is 30.0 Å². The van der Waals surface area contributed by atoms with Crippen LogP contribution in [0.1, 0.15) is 53.4 Å². The topological polar surface area (TPSA) is 15.6 Å². The molecular weight excluding hydrogens is 277 g/mol. The number of nitrogens with zero attached hydrogens (tertiary/aromatic N) is 2. The molecule has 5 heteroatoms. The highest BCUT2D eigenvalue weighted by atomic mass is 19.4. The lowest BCUT2D eigenvalue weighted by Crippen LogP contribution is -2.38. The van der Waals surface area contributed by atoms with Gasteiger partial charge in [0.1, 0.15) is 5.71 Å². The highest BCUT2D eigenvalue weighted by Gasteiger charge is 2.49. The fourth-order valence-electron chi connectivity index (χ4n) is 3.42. The van der Waals surface area contributed by atoms with E-state index in [9.17, 15) is 13.2 Å². The van der Waals surface area contributed by atoms with E-state index in [2.05, 4.69) is 12.0 Å². The molecule has 2 rings (SSSR count). The van der Waals surface area contributed by atoms with Crippen LogP contribution in [0.4, 0.5) is 13.2 Å². The summed E-state index contributed by atoms with van der Waals surface area (Å²) in [6.07, 6.45) is 0.311. The van der Waals surface area contributed by atoms with Crippen LogP contribution in [-0.2, 0) is 0 Å². The highest BCUT2D eigenvalue weighted by molar-refractivity contribution is 5.93. The highest BCUT2D eigenvalue weighted by Crippen LogP contribution is 2.39. The van der Waals surface area contributed by atoms with E-state index in [4.69, 9.17) is 0 Å². The van der Waals surface area contributed by atoms with Crippen LogP contribution in [0.25, 0.3) is 0 Å². The number of halogens is 3. The molecule has 2 nitrogen and oxygen atoms in total. The molecule has 122 valence electrons. The van der Waals surface area contributed by atoms with E-state index in [-0.39, 0.29) is 0 Å². The van der Waals surface area contributed by atoms with Crippen LogP contribution in [0.3, 0.4) is 0 Å². The van der Waals surface area contributed by atoms with Gasteiger partial charge >= 0.3 is 6.18 Å². The third-order valence-electron chi connectivity index (χ3n) is 4.91. The Labute approximate surface area is 125 Å². The molecule has 1 saturated carbocycles. The zero-order chi connectivity index (χ0) is 15.8. The molecule has 0 aromatic rings. The molecule has 0 N–H and O–H groups in total. The van der Waals surface area contributed by atoms with E-state index in [1.165, 1.54) is 12.8 Å². The Kier molecular flexibility index (Phi) is 4.60. The predicted molar refractivity (Wildman–Crippen MR) is 79.1 cm³/mol. The van der Waals surface area contributed by atoms with Gasteiger partial charge < -0.3 is 0 Å². The zero-order valence-corrected chi connectivity index (χ0v) is 13.5. The summed E-state index contributed by atoms with van der Waals surface area (Å²) in [5.74, 6) is 0.731. The van der Waals surface area contributed by atoms with Crippen molar-refractivity contribution in [2.75, 3.05) is 13.1 Å². The minimum atomic E-state index is -4.31. The SMILES string of the molecule is CC1CCC(CN2CC(C(C)(C)C)C(C(F)(F)F)=N2)CC1. The normalized spacial score (nSPS) is 31.5. The molecule has 21 heavy (non-hydrogen) atoms. The molecule has 0 spiro atoms. The van der Waals surface area contributed by atoms with Gasteiger partial charge in [0.15, 0.2) is 0 Å². The molecule has 1 unspecified atom stereocenters. The molecule has 1 aliphatic heterocycles. The van der Waals surface area contributed by atoms with E-state index in [0.29, 0.717) is 19.0 Å². The maximum absolute atomic E-state index is 13.2. The number of hydrogen-bond acceptors (Lipinski definition) is 2. The molecule has 1 aliphatic carbocycles. The van der Waals surface area contributed by atoms with Crippen LogP contribution in [0.2, 0.25) is 0 Å². The summed E-state index contributed by atoms with van der Waals surface area (Å²) in [4.78, 5) is 0. The average molecular weight is 304 g/mol. The van der Waals surface area contributed by atoms with E-state index < -0.39 is 23.2 Å². The minimum Gasteiger partial charge on any atom is -0.296 e. The van der Waals surface area contributed by atoms with Gasteiger partial charge in [-0.25, -0.2) is 0 Å². The first-order valence-corrected chi connectivity index (χ1v) is 7.98. The molecule has 0 bridgehead atoms. The molecule has 0 amide bonds. The van der Waals surface area contributed by atoms with E-state index in [0.717, 1.165) is 18.8 Å². The van der Waals surface area contributed by atoms with Gasteiger partial charge in [0.05, 0.1) is 0 Å². The number of hydrogen-bond donors (Lipinski definition) is 0. The lowest BCUT2D eigenvalue weighted by molar-refractivity contribution is -0.0642. The molecule has 0 aromatic carbocycles. The van der Waals surface area contributed by atoms with Crippen molar-refractivity contribution in [2.45, 2.75) is 59.6 Å². The first kappa shape index (κ1) is 16.6. The van der Waals surface area contributed by atoms with Gasteiger partial charge in [-0.15, -0.1) is 0 Å².